The summed E-state index contributed by atoms with van der Waals surface area (Å²) < 4.78 is 37.7. The van der Waals surface area contributed by atoms with Gasteiger partial charge in [-0.1, -0.05) is 6.07 Å². The van der Waals surface area contributed by atoms with Crippen molar-refractivity contribution in [2.75, 3.05) is 26.8 Å². The first-order valence-corrected chi connectivity index (χ1v) is 9.94. The molecular weight excluding hydrogens is 424 g/mol. The minimum Gasteiger partial charge on any atom is -0.490 e. The lowest BCUT2D eigenvalue weighted by Crippen LogP contribution is -2.43. The number of benzene rings is 2. The molecule has 32 heavy (non-hydrogen) atoms. The van der Waals surface area contributed by atoms with Crippen LogP contribution in [0.3, 0.4) is 0 Å². The van der Waals surface area contributed by atoms with Crippen LogP contribution in [-0.2, 0) is 9.59 Å². The van der Waals surface area contributed by atoms with E-state index in [1.807, 2.05) is 6.92 Å². The molecule has 0 radical (unpaired) electrons. The second-order valence-corrected chi connectivity index (χ2v) is 6.50. The number of amides is 3. The van der Waals surface area contributed by atoms with Gasteiger partial charge in [-0.2, -0.15) is 0 Å². The molecule has 0 aliphatic heterocycles. The van der Waals surface area contributed by atoms with Gasteiger partial charge >= 0.3 is 0 Å². The van der Waals surface area contributed by atoms with E-state index < -0.39 is 41.9 Å². The summed E-state index contributed by atoms with van der Waals surface area (Å²) >= 11 is 0. The molecule has 0 aliphatic rings. The lowest BCUT2D eigenvalue weighted by atomic mass is 10.1. The van der Waals surface area contributed by atoms with Crippen molar-refractivity contribution in [1.29, 1.82) is 0 Å². The zero-order valence-electron chi connectivity index (χ0n) is 18.0. The van der Waals surface area contributed by atoms with Gasteiger partial charge in [0.2, 0.25) is 11.8 Å². The highest BCUT2D eigenvalue weighted by molar-refractivity contribution is 5.97. The minimum atomic E-state index is -1.27. The number of carbonyl (C=O) groups is 3. The molecular formula is C22H25F2N3O5. The Morgan fingerprint density at radius 1 is 0.938 bits per heavy atom. The van der Waals surface area contributed by atoms with E-state index in [4.69, 9.17) is 9.47 Å². The molecule has 3 amide bonds. The number of nitrogens with one attached hydrogen (secondary N) is 3. The van der Waals surface area contributed by atoms with Crippen LogP contribution in [0, 0.1) is 11.6 Å². The summed E-state index contributed by atoms with van der Waals surface area (Å²) in [7, 11) is 1.34. The highest BCUT2D eigenvalue weighted by Crippen LogP contribution is 2.28. The van der Waals surface area contributed by atoms with Gasteiger partial charge in [0.05, 0.1) is 19.8 Å². The third-order valence-electron chi connectivity index (χ3n) is 4.31. The maximum absolute atomic E-state index is 13.6. The summed E-state index contributed by atoms with van der Waals surface area (Å²) in [6.07, 6.45) is 0. The number of hydrogen-bond donors (Lipinski definition) is 3. The van der Waals surface area contributed by atoms with E-state index in [-0.39, 0.29) is 11.1 Å². The van der Waals surface area contributed by atoms with Crippen LogP contribution >= 0.6 is 0 Å². The summed E-state index contributed by atoms with van der Waals surface area (Å²) in [6.45, 7) is 3.96. The van der Waals surface area contributed by atoms with E-state index in [0.29, 0.717) is 24.7 Å². The summed E-state index contributed by atoms with van der Waals surface area (Å²) in [4.78, 5) is 36.9. The number of rotatable bonds is 10. The largest absolute Gasteiger partial charge is 0.490 e. The normalized spacial score (nSPS) is 11.3. The van der Waals surface area contributed by atoms with E-state index in [1.54, 1.807) is 13.0 Å². The monoisotopic (exact) mass is 449 g/mol. The van der Waals surface area contributed by atoms with Gasteiger partial charge in [-0.3, -0.25) is 14.4 Å². The molecule has 0 fully saturated rings. The van der Waals surface area contributed by atoms with Crippen LogP contribution in [0.1, 0.15) is 35.8 Å². The average molecular weight is 449 g/mol. The van der Waals surface area contributed by atoms with Crippen molar-refractivity contribution in [3.05, 3.63) is 59.2 Å². The zero-order chi connectivity index (χ0) is 23.7. The van der Waals surface area contributed by atoms with Crippen LogP contribution in [0.25, 0.3) is 0 Å². The van der Waals surface area contributed by atoms with E-state index >= 15 is 0 Å². The predicted octanol–water partition coefficient (Wildman–Crippen LogP) is 2.10. The number of carbonyl (C=O) groups excluding carboxylic acids is 3. The average Bonchev–Trinajstić information content (AvgIpc) is 2.78. The maximum atomic E-state index is 13.6. The predicted molar refractivity (Wildman–Crippen MR) is 112 cm³/mol. The molecule has 2 aromatic carbocycles. The van der Waals surface area contributed by atoms with Crippen LogP contribution in [0.2, 0.25) is 0 Å². The Labute approximate surface area is 184 Å². The Balaban J connectivity index is 2.06. The van der Waals surface area contributed by atoms with Crippen LogP contribution in [0.15, 0.2) is 36.4 Å². The minimum absolute atomic E-state index is 0.0517. The molecule has 0 spiro atoms. The van der Waals surface area contributed by atoms with Crippen LogP contribution in [-0.4, -0.2) is 44.5 Å². The van der Waals surface area contributed by atoms with Crippen LogP contribution < -0.4 is 25.4 Å². The first-order chi connectivity index (χ1) is 15.3. The van der Waals surface area contributed by atoms with Gasteiger partial charge in [-0.15, -0.1) is 0 Å². The lowest BCUT2D eigenvalue weighted by Gasteiger charge is -2.18. The lowest BCUT2D eigenvalue weighted by molar-refractivity contribution is -0.128. The standard InChI is InChI=1S/C22H25F2N3O5/c1-4-31-17-9-7-14(11-18(17)32-5-2)21(29)26-12-19(28)27-20(22(30)25-3)13-6-8-15(23)16(24)10-13/h6-11,20H,4-5,12H2,1-3H3,(H,25,30)(H,26,29)(H,27,28). The fraction of sp³-hybridized carbons (Fsp3) is 0.318. The second-order valence-electron chi connectivity index (χ2n) is 6.50. The number of hydrogen-bond acceptors (Lipinski definition) is 5. The molecule has 172 valence electrons. The summed E-state index contributed by atoms with van der Waals surface area (Å²) in [5, 5.41) is 7.18. The summed E-state index contributed by atoms with van der Waals surface area (Å²) in [5.41, 5.74) is 0.295. The molecule has 0 saturated heterocycles. The van der Waals surface area contributed by atoms with Crippen molar-refractivity contribution in [2.45, 2.75) is 19.9 Å². The second kappa shape index (κ2) is 11.6. The number of halogens is 2. The van der Waals surface area contributed by atoms with E-state index in [0.717, 1.165) is 12.1 Å². The molecule has 2 aromatic rings. The van der Waals surface area contributed by atoms with Crippen molar-refractivity contribution < 1.29 is 32.6 Å². The number of ether oxygens (including phenoxy) is 2. The molecule has 0 aliphatic carbocycles. The van der Waals surface area contributed by atoms with Gasteiger partial charge in [0, 0.05) is 12.6 Å². The Bertz CT molecular complexity index is 984. The Kier molecular flexibility index (Phi) is 8.94. The Morgan fingerprint density at radius 3 is 2.25 bits per heavy atom. The smallest absolute Gasteiger partial charge is 0.251 e. The highest BCUT2D eigenvalue weighted by atomic mass is 19.2. The first-order valence-electron chi connectivity index (χ1n) is 9.94. The molecule has 3 N–H and O–H groups in total. The Hall–Kier alpha value is -3.69. The van der Waals surface area contributed by atoms with Gasteiger partial charge in [-0.25, -0.2) is 8.78 Å². The van der Waals surface area contributed by atoms with E-state index in [2.05, 4.69) is 16.0 Å². The Morgan fingerprint density at radius 2 is 1.62 bits per heavy atom. The summed E-state index contributed by atoms with van der Waals surface area (Å²) in [6, 6.07) is 6.21. The zero-order valence-corrected chi connectivity index (χ0v) is 18.0. The van der Waals surface area contributed by atoms with Crippen molar-refractivity contribution >= 4 is 17.7 Å². The maximum Gasteiger partial charge on any atom is 0.251 e. The third kappa shape index (κ3) is 6.40. The van der Waals surface area contributed by atoms with Crippen LogP contribution in [0.5, 0.6) is 11.5 Å². The van der Waals surface area contributed by atoms with Crippen molar-refractivity contribution in [2.24, 2.45) is 0 Å². The van der Waals surface area contributed by atoms with Gasteiger partial charge in [-0.05, 0) is 49.7 Å². The molecule has 8 nitrogen and oxygen atoms in total. The molecule has 1 unspecified atom stereocenters. The fourth-order valence-electron chi connectivity index (χ4n) is 2.80. The molecule has 2 rings (SSSR count). The van der Waals surface area contributed by atoms with Gasteiger partial charge in [0.1, 0.15) is 6.04 Å². The quantitative estimate of drug-likeness (QED) is 0.515. The van der Waals surface area contributed by atoms with E-state index in [9.17, 15) is 23.2 Å². The SMILES string of the molecule is CCOc1ccc(C(=O)NCC(=O)NC(C(=O)NC)c2ccc(F)c(F)c2)cc1OCC. The van der Waals surface area contributed by atoms with Gasteiger partial charge in [0.15, 0.2) is 23.1 Å². The molecule has 0 aromatic heterocycles. The molecule has 10 heteroatoms. The van der Waals surface area contributed by atoms with Crippen molar-refractivity contribution in [3.63, 3.8) is 0 Å². The van der Waals surface area contributed by atoms with Gasteiger partial charge in [0.25, 0.3) is 5.91 Å². The van der Waals surface area contributed by atoms with E-state index in [1.165, 1.54) is 25.2 Å². The summed E-state index contributed by atoms with van der Waals surface area (Å²) in [5.74, 6) is -3.23. The molecule has 0 saturated carbocycles. The molecule has 0 bridgehead atoms. The van der Waals surface area contributed by atoms with Gasteiger partial charge < -0.3 is 25.4 Å². The first kappa shape index (κ1) is 24.6. The van der Waals surface area contributed by atoms with Crippen LogP contribution in [0.4, 0.5) is 8.78 Å². The fourth-order valence-corrected chi connectivity index (χ4v) is 2.80. The van der Waals surface area contributed by atoms with Crippen molar-refractivity contribution in [3.8, 4) is 11.5 Å². The highest BCUT2D eigenvalue weighted by Gasteiger charge is 2.23. The number of likely N-dealkylation sites (N-methyl/N-ethyl adjacent to an activating group) is 1. The molecule has 1 atom stereocenters. The topological polar surface area (TPSA) is 106 Å². The van der Waals surface area contributed by atoms with Crippen molar-refractivity contribution in [1.82, 2.24) is 16.0 Å². The molecule has 0 heterocycles. The third-order valence-corrected chi connectivity index (χ3v) is 4.31.